The Balaban J connectivity index is 0.000000154. The van der Waals surface area contributed by atoms with Gasteiger partial charge in [0.05, 0.1) is 89.2 Å². The van der Waals surface area contributed by atoms with Gasteiger partial charge in [0.2, 0.25) is 6.79 Å². The van der Waals surface area contributed by atoms with Gasteiger partial charge in [-0.15, -0.1) is 0 Å². The normalized spacial score (nSPS) is 15.2. The molecule has 21 nitrogen and oxygen atoms in total. The molecule has 0 aliphatic carbocycles. The van der Waals surface area contributed by atoms with Crippen LogP contribution in [0.2, 0.25) is 0 Å². The number of benzene rings is 9. The van der Waals surface area contributed by atoms with E-state index in [4.69, 9.17) is 71.1 Å². The van der Waals surface area contributed by atoms with Crippen molar-refractivity contribution >= 4 is 33.7 Å². The number of rotatable bonds is 22. The van der Waals surface area contributed by atoms with Gasteiger partial charge >= 0.3 is 0 Å². The molecule has 4 aliphatic rings. The number of fused-ring (bicyclic) bond motifs is 4. The molecule has 22 heteroatoms. The minimum Gasteiger partial charge on any atom is -0.497 e. The van der Waals surface area contributed by atoms with Crippen LogP contribution in [0.5, 0.6) is 86.2 Å². The zero-order valence-electron chi connectivity index (χ0n) is 58.6. The topological polar surface area (TPSA) is 199 Å². The summed E-state index contributed by atoms with van der Waals surface area (Å²) in [5, 5.41) is 0. The van der Waals surface area contributed by atoms with Gasteiger partial charge < -0.3 is 85.8 Å². The monoisotopic (exact) mass is 1450 g/mol. The number of amides is 3. The lowest BCUT2D eigenvalue weighted by molar-refractivity contribution is 0.0583. The smallest absolute Gasteiger partial charge is 0.254 e. The van der Waals surface area contributed by atoms with Crippen molar-refractivity contribution in [1.29, 1.82) is 0 Å². The van der Waals surface area contributed by atoms with Crippen LogP contribution in [0.15, 0.2) is 180 Å². The Morgan fingerprint density at radius 3 is 0.931 bits per heavy atom. The second-order valence-electron chi connectivity index (χ2n) is 23.8. The third-order valence-corrected chi connectivity index (χ3v) is 18.8. The first kappa shape index (κ1) is 72.1. The molecular formula is C80H82BrN3O18. The second kappa shape index (κ2) is 33.8. The van der Waals surface area contributed by atoms with E-state index in [2.05, 4.69) is 15.9 Å². The first-order valence-electron chi connectivity index (χ1n) is 33.0. The largest absolute Gasteiger partial charge is 0.497 e. The van der Waals surface area contributed by atoms with Crippen LogP contribution >= 0.6 is 15.9 Å². The van der Waals surface area contributed by atoms with Crippen LogP contribution < -0.4 is 71.1 Å². The summed E-state index contributed by atoms with van der Waals surface area (Å²) in [4.78, 5) is 46.3. The Kier molecular flexibility index (Phi) is 23.9. The van der Waals surface area contributed by atoms with Crippen molar-refractivity contribution in [3.8, 4) is 86.2 Å². The highest BCUT2D eigenvalue weighted by Crippen LogP contribution is 2.44. The van der Waals surface area contributed by atoms with Crippen LogP contribution in [0.1, 0.15) is 82.6 Å². The fraction of sp³-hybridized carbons (Fsp3) is 0.287. The summed E-state index contributed by atoms with van der Waals surface area (Å²) in [6, 6.07) is 52.9. The molecule has 0 bridgehead atoms. The SMILES string of the molecule is COc1ccc(OCC2c3cc(OC)c(OC)cc3CCN2C(=O)c2ccc(Br)cc2)cc1.COc1ccc(OCC2c3cc(OC)c(OC)cc3CCN2C(=O)c2ccc(OC)cc2)cc1.COc1ccc(OCC2c3cc(OC)c(OC)cc3CCN2C(=O)c2ccc3c(c2)OCO3)cc1. The lowest BCUT2D eigenvalue weighted by atomic mass is 9.91. The molecule has 0 saturated heterocycles. The van der Waals surface area contributed by atoms with Gasteiger partial charge in [0.25, 0.3) is 17.7 Å². The van der Waals surface area contributed by atoms with Crippen molar-refractivity contribution in [2.75, 3.05) is 117 Å². The molecule has 0 saturated carbocycles. The number of carbonyl (C=O) groups excluding carboxylic acids is 3. The Bertz CT molecular complexity index is 4350. The summed E-state index contributed by atoms with van der Waals surface area (Å²) in [6.07, 6.45) is 2.11. The summed E-state index contributed by atoms with van der Waals surface area (Å²) >= 11 is 3.43. The standard InChI is InChI=1S/C27H27NO7.C27H29NO6.C26H26BrNO5/c1-30-19-5-7-20(8-6-19)33-15-22-21-14-25(32-3)24(31-2)12-17(21)10-11-28(22)27(29)18-4-9-23-26(13-18)35-16-34-23;1-30-20-7-5-18(6-8-20)27(29)28-14-13-19-15-25(32-3)26(33-4)16-23(19)24(28)17-34-22-11-9-21(31-2)10-12-22;1-30-20-8-10-21(11-9-20)33-16-23-22-15-25(32-3)24(31-2)14-18(22)12-13-28(23)26(29)17-4-6-19(27)7-5-17/h4-9,12-14,22H,10-11,15-16H2,1-3H3;5-12,15-16,24H,13-14,17H2,1-4H3;4-11,14-15,23H,12-13,16H2,1-3H3. The van der Waals surface area contributed by atoms with E-state index in [1.807, 2.05) is 148 Å². The van der Waals surface area contributed by atoms with E-state index in [9.17, 15) is 14.4 Å². The average molecular weight is 1450 g/mol. The Morgan fingerprint density at radius 2 is 0.608 bits per heavy atom. The van der Waals surface area contributed by atoms with Crippen LogP contribution in [0.3, 0.4) is 0 Å². The van der Waals surface area contributed by atoms with Crippen LogP contribution in [0.4, 0.5) is 0 Å². The van der Waals surface area contributed by atoms with Crippen LogP contribution in [-0.2, 0) is 19.3 Å². The molecule has 4 aliphatic heterocycles. The highest BCUT2D eigenvalue weighted by Gasteiger charge is 2.37. The number of nitrogens with zero attached hydrogens (tertiary/aromatic N) is 3. The molecule has 3 unspecified atom stereocenters. The molecule has 9 aromatic carbocycles. The first-order chi connectivity index (χ1) is 49.7. The van der Waals surface area contributed by atoms with Gasteiger partial charge in [-0.25, -0.2) is 0 Å². The molecule has 0 radical (unpaired) electrons. The van der Waals surface area contributed by atoms with E-state index in [1.165, 1.54) is 0 Å². The molecular weight excluding hydrogens is 1370 g/mol. The van der Waals surface area contributed by atoms with Crippen molar-refractivity contribution in [3.05, 3.63) is 230 Å². The molecule has 0 aromatic heterocycles. The summed E-state index contributed by atoms with van der Waals surface area (Å²) in [5.41, 5.74) is 8.05. The molecule has 0 fully saturated rings. The maximum Gasteiger partial charge on any atom is 0.254 e. The number of hydrogen-bond acceptors (Lipinski definition) is 18. The zero-order chi connectivity index (χ0) is 71.8. The molecule has 3 atom stereocenters. The summed E-state index contributed by atoms with van der Waals surface area (Å²) in [5.74, 6) is 9.94. The summed E-state index contributed by atoms with van der Waals surface area (Å²) in [6.45, 7) is 2.69. The van der Waals surface area contributed by atoms with Crippen LogP contribution in [-0.4, -0.2) is 150 Å². The van der Waals surface area contributed by atoms with Crippen molar-refractivity contribution in [2.45, 2.75) is 37.4 Å². The number of methoxy groups -OCH3 is 10. The highest BCUT2D eigenvalue weighted by atomic mass is 79.9. The Labute approximate surface area is 602 Å². The van der Waals surface area contributed by atoms with Crippen LogP contribution in [0.25, 0.3) is 0 Å². The van der Waals surface area contributed by atoms with Gasteiger partial charge in [0, 0.05) is 40.8 Å². The number of carbonyl (C=O) groups is 3. The molecule has 9 aromatic rings. The van der Waals surface area contributed by atoms with Crippen molar-refractivity contribution in [2.24, 2.45) is 0 Å². The maximum absolute atomic E-state index is 13.7. The fourth-order valence-corrected chi connectivity index (χ4v) is 13.0. The average Bonchev–Trinajstić information content (AvgIpc) is 0.790. The Morgan fingerprint density at radius 1 is 0.333 bits per heavy atom. The fourth-order valence-electron chi connectivity index (χ4n) is 12.7. The first-order valence-corrected chi connectivity index (χ1v) is 33.8. The van der Waals surface area contributed by atoms with Gasteiger partial charge in [-0.05, 0) is 229 Å². The zero-order valence-corrected chi connectivity index (χ0v) is 60.2. The predicted octanol–water partition coefficient (Wildman–Crippen LogP) is 14.1. The van der Waals surface area contributed by atoms with Gasteiger partial charge in [-0.3, -0.25) is 14.4 Å². The third kappa shape index (κ3) is 16.5. The quantitative estimate of drug-likeness (QED) is 0.0620. The molecule has 0 spiro atoms. The number of halogens is 1. The summed E-state index contributed by atoms with van der Waals surface area (Å²) in [7, 11) is 16.2. The minimum absolute atomic E-state index is 0.0359. The van der Waals surface area contributed by atoms with Gasteiger partial charge in [0.1, 0.15) is 60.1 Å². The molecule has 102 heavy (non-hydrogen) atoms. The molecule has 532 valence electrons. The minimum atomic E-state index is -0.335. The second-order valence-corrected chi connectivity index (χ2v) is 24.7. The van der Waals surface area contributed by atoms with Gasteiger partial charge in [-0.1, -0.05) is 15.9 Å². The number of ether oxygens (including phenoxy) is 15. The van der Waals surface area contributed by atoms with Crippen molar-refractivity contribution < 1.29 is 85.4 Å². The predicted molar refractivity (Wildman–Crippen MR) is 386 cm³/mol. The van der Waals surface area contributed by atoms with E-state index < -0.39 is 0 Å². The molecule has 0 N–H and O–H groups in total. The van der Waals surface area contributed by atoms with E-state index in [1.54, 1.807) is 114 Å². The molecule has 13 rings (SSSR count). The van der Waals surface area contributed by atoms with Gasteiger partial charge in [0.15, 0.2) is 46.0 Å². The Hall–Kier alpha value is -11.1. The number of hydrogen-bond donors (Lipinski definition) is 0. The van der Waals surface area contributed by atoms with E-state index >= 15 is 0 Å². The van der Waals surface area contributed by atoms with Gasteiger partial charge in [-0.2, -0.15) is 0 Å². The maximum atomic E-state index is 13.7. The summed E-state index contributed by atoms with van der Waals surface area (Å²) < 4.78 is 84.3. The molecule has 3 amide bonds. The lowest BCUT2D eigenvalue weighted by Crippen LogP contribution is -2.42. The lowest BCUT2D eigenvalue weighted by Gasteiger charge is -2.37. The van der Waals surface area contributed by atoms with E-state index in [0.29, 0.717) is 125 Å². The third-order valence-electron chi connectivity index (χ3n) is 18.2. The molecule has 4 heterocycles. The van der Waals surface area contributed by atoms with E-state index in [0.717, 1.165) is 61.5 Å². The van der Waals surface area contributed by atoms with Crippen molar-refractivity contribution in [1.82, 2.24) is 14.7 Å². The van der Waals surface area contributed by atoms with Crippen LogP contribution in [0, 0.1) is 0 Å². The van der Waals surface area contributed by atoms with Crippen molar-refractivity contribution in [3.63, 3.8) is 0 Å². The van der Waals surface area contributed by atoms with E-state index in [-0.39, 0.29) is 55.9 Å². The highest BCUT2D eigenvalue weighted by molar-refractivity contribution is 9.10.